The quantitative estimate of drug-likeness (QED) is 0.642. The van der Waals surface area contributed by atoms with Crippen LogP contribution >= 0.6 is 0 Å². The Labute approximate surface area is 145 Å². The van der Waals surface area contributed by atoms with E-state index >= 15 is 0 Å². The maximum atomic E-state index is 12.3. The first-order valence-corrected chi connectivity index (χ1v) is 8.12. The van der Waals surface area contributed by atoms with Gasteiger partial charge in [0.25, 0.3) is 5.91 Å². The van der Waals surface area contributed by atoms with Crippen LogP contribution in [0.2, 0.25) is 0 Å². The second kappa shape index (κ2) is 7.18. The zero-order valence-corrected chi connectivity index (χ0v) is 13.7. The number of carbonyl (C=O) groups is 2. The lowest BCUT2D eigenvalue weighted by atomic mass is 10.0. The van der Waals surface area contributed by atoms with Gasteiger partial charge in [-0.25, -0.2) is 0 Å². The Morgan fingerprint density at radius 3 is 2.80 bits per heavy atom. The summed E-state index contributed by atoms with van der Waals surface area (Å²) in [6, 6.07) is 7.26. The number of fused-ring (bicyclic) bond motifs is 1. The summed E-state index contributed by atoms with van der Waals surface area (Å²) < 4.78 is 0. The molecule has 0 unspecified atom stereocenters. The molecule has 0 bridgehead atoms. The number of rotatable bonds is 8. The summed E-state index contributed by atoms with van der Waals surface area (Å²) in [7, 11) is 0. The number of nitrogens with one attached hydrogen (secondary N) is 3. The highest BCUT2D eigenvalue weighted by molar-refractivity contribution is 6.07. The molecule has 0 saturated heterocycles. The van der Waals surface area contributed by atoms with Crippen molar-refractivity contribution >= 4 is 22.7 Å². The van der Waals surface area contributed by atoms with E-state index in [1.165, 1.54) is 0 Å². The van der Waals surface area contributed by atoms with Crippen molar-refractivity contribution in [3.8, 4) is 12.3 Å². The summed E-state index contributed by atoms with van der Waals surface area (Å²) in [5.74, 6) is 2.04. The van der Waals surface area contributed by atoms with Crippen molar-refractivity contribution in [3.63, 3.8) is 0 Å². The average Bonchev–Trinajstić information content (AvgIpc) is 3.21. The molecule has 1 aromatic carbocycles. The Morgan fingerprint density at radius 2 is 2.04 bits per heavy atom. The minimum Gasteiger partial charge on any atom is -0.361 e. The molecule has 0 radical (unpaired) electrons. The average molecular weight is 337 g/mol. The Bertz CT molecular complexity index is 856. The van der Waals surface area contributed by atoms with E-state index in [0.717, 1.165) is 10.9 Å². The van der Waals surface area contributed by atoms with Gasteiger partial charge in [-0.2, -0.15) is 10.2 Å². The van der Waals surface area contributed by atoms with E-state index in [2.05, 4.69) is 31.8 Å². The summed E-state index contributed by atoms with van der Waals surface area (Å²) >= 11 is 0. The fourth-order valence-corrected chi connectivity index (χ4v) is 2.67. The van der Waals surface area contributed by atoms with Gasteiger partial charge in [0.2, 0.25) is 5.91 Å². The van der Waals surface area contributed by atoms with Crippen LogP contribution in [-0.2, 0) is 4.79 Å². The number of carbonyl (C=O) groups excluding carboxylic acids is 2. The number of amides is 2. The maximum absolute atomic E-state index is 12.3. The molecule has 25 heavy (non-hydrogen) atoms. The molecule has 3 rings (SSSR count). The lowest BCUT2D eigenvalue weighted by Crippen LogP contribution is -2.38. The smallest absolute Gasteiger partial charge is 0.252 e. The summed E-state index contributed by atoms with van der Waals surface area (Å²) in [6.45, 7) is 0.366. The third-order valence-corrected chi connectivity index (χ3v) is 4.15. The summed E-state index contributed by atoms with van der Waals surface area (Å²) in [5.41, 5.74) is 1.01. The first-order valence-electron chi connectivity index (χ1n) is 8.12. The minimum absolute atomic E-state index is 0.0781. The largest absolute Gasteiger partial charge is 0.361 e. The van der Waals surface area contributed by atoms with Gasteiger partial charge in [0.1, 0.15) is 0 Å². The van der Waals surface area contributed by atoms with Gasteiger partial charge in [-0.1, -0.05) is 6.07 Å². The van der Waals surface area contributed by atoms with Crippen LogP contribution in [0.15, 0.2) is 40.7 Å². The second-order valence-corrected chi connectivity index (χ2v) is 5.91. The van der Waals surface area contributed by atoms with Crippen LogP contribution in [0.3, 0.4) is 0 Å². The first-order chi connectivity index (χ1) is 12.1. The normalized spacial score (nSPS) is 14.0. The minimum atomic E-state index is -0.410. The summed E-state index contributed by atoms with van der Waals surface area (Å²) in [5, 5.41) is 14.3. The molecule has 1 aliphatic heterocycles. The van der Waals surface area contributed by atoms with E-state index in [4.69, 9.17) is 6.42 Å². The first kappa shape index (κ1) is 16.7. The Morgan fingerprint density at radius 1 is 1.20 bits per heavy atom. The van der Waals surface area contributed by atoms with Crippen molar-refractivity contribution in [1.82, 2.24) is 15.6 Å². The molecule has 2 heterocycles. The molecule has 7 nitrogen and oxygen atoms in total. The Balaban J connectivity index is 1.43. The second-order valence-electron chi connectivity index (χ2n) is 5.91. The molecule has 1 aliphatic rings. The molecule has 0 saturated carbocycles. The summed E-state index contributed by atoms with van der Waals surface area (Å²) in [4.78, 5) is 27.2. The van der Waals surface area contributed by atoms with Gasteiger partial charge in [-0.05, 0) is 18.2 Å². The number of H-pyrrole nitrogens is 1. The van der Waals surface area contributed by atoms with Gasteiger partial charge in [0.05, 0.1) is 6.54 Å². The lowest BCUT2D eigenvalue weighted by Gasteiger charge is -2.10. The predicted molar refractivity (Wildman–Crippen MR) is 93.9 cm³/mol. The van der Waals surface area contributed by atoms with E-state index in [-0.39, 0.29) is 18.4 Å². The fourth-order valence-electron chi connectivity index (χ4n) is 2.67. The third-order valence-electron chi connectivity index (χ3n) is 4.15. The van der Waals surface area contributed by atoms with Crippen LogP contribution in [0.4, 0.5) is 0 Å². The number of nitrogens with zero attached hydrogens (tertiary/aromatic N) is 2. The molecule has 1 aromatic heterocycles. The Hall–Kier alpha value is -3.14. The lowest BCUT2D eigenvalue weighted by molar-refractivity contribution is -0.120. The van der Waals surface area contributed by atoms with Gasteiger partial charge in [-0.15, -0.1) is 12.3 Å². The Kier molecular flexibility index (Phi) is 4.80. The standard InChI is InChI=1S/C18H19N5O2/c1-2-3-8-18(22-23-18)9-11-20-16(24)12-21-17(25)14-5-4-6-15-13(14)7-10-19-15/h1,4-7,10,19H,3,8-9,11-12H2,(H,20,24)(H,21,25). The van der Waals surface area contributed by atoms with Crippen LogP contribution in [-0.4, -0.2) is 35.6 Å². The molecule has 0 spiro atoms. The number of hydrogen-bond donors (Lipinski definition) is 3. The van der Waals surface area contributed by atoms with E-state index in [1.54, 1.807) is 18.3 Å². The topological polar surface area (TPSA) is 98.7 Å². The molecule has 7 heteroatoms. The van der Waals surface area contributed by atoms with E-state index < -0.39 is 5.66 Å². The maximum Gasteiger partial charge on any atom is 0.252 e. The van der Waals surface area contributed by atoms with Crippen molar-refractivity contribution in [3.05, 3.63) is 36.0 Å². The van der Waals surface area contributed by atoms with Crippen LogP contribution in [0.25, 0.3) is 10.9 Å². The van der Waals surface area contributed by atoms with Gasteiger partial charge >= 0.3 is 0 Å². The number of hydrogen-bond acceptors (Lipinski definition) is 4. The van der Waals surface area contributed by atoms with Crippen LogP contribution < -0.4 is 10.6 Å². The molecule has 0 fully saturated rings. The monoisotopic (exact) mass is 337 g/mol. The van der Waals surface area contributed by atoms with Crippen LogP contribution in [0, 0.1) is 12.3 Å². The molecular weight excluding hydrogens is 318 g/mol. The highest BCUT2D eigenvalue weighted by Crippen LogP contribution is 2.35. The molecular formula is C18H19N5O2. The van der Waals surface area contributed by atoms with E-state index in [9.17, 15) is 9.59 Å². The SMILES string of the molecule is C#CCCC1(CCNC(=O)CNC(=O)c2cccc3[nH]ccc23)N=N1. The van der Waals surface area contributed by atoms with Crippen molar-refractivity contribution < 1.29 is 9.59 Å². The van der Waals surface area contributed by atoms with Crippen molar-refractivity contribution in [2.24, 2.45) is 10.2 Å². The molecule has 128 valence electrons. The number of benzene rings is 1. The number of aromatic nitrogens is 1. The fraction of sp³-hybridized carbons (Fsp3) is 0.333. The van der Waals surface area contributed by atoms with E-state index in [0.29, 0.717) is 31.4 Å². The van der Waals surface area contributed by atoms with Gasteiger partial charge in [-0.3, -0.25) is 9.59 Å². The van der Waals surface area contributed by atoms with E-state index in [1.807, 2.05) is 12.1 Å². The van der Waals surface area contributed by atoms with Crippen LogP contribution in [0.5, 0.6) is 0 Å². The van der Waals surface area contributed by atoms with Crippen molar-refractivity contribution in [2.45, 2.75) is 24.9 Å². The highest BCUT2D eigenvalue weighted by Gasteiger charge is 2.38. The zero-order chi connectivity index (χ0) is 17.7. The van der Waals surface area contributed by atoms with Gasteiger partial charge < -0.3 is 15.6 Å². The van der Waals surface area contributed by atoms with Crippen molar-refractivity contribution in [1.29, 1.82) is 0 Å². The van der Waals surface area contributed by atoms with Crippen molar-refractivity contribution in [2.75, 3.05) is 13.1 Å². The molecule has 2 amide bonds. The molecule has 0 aliphatic carbocycles. The number of terminal acetylenes is 1. The van der Waals surface area contributed by atoms with Crippen LogP contribution in [0.1, 0.15) is 29.6 Å². The van der Waals surface area contributed by atoms with Gasteiger partial charge in [0.15, 0.2) is 5.66 Å². The third kappa shape index (κ3) is 4.04. The molecule has 0 atom stereocenters. The number of aromatic amines is 1. The molecule has 2 aromatic rings. The molecule has 3 N–H and O–H groups in total. The predicted octanol–water partition coefficient (Wildman–Crippen LogP) is 1.98. The van der Waals surface area contributed by atoms with Gasteiger partial charge in [0, 0.05) is 48.5 Å². The summed E-state index contributed by atoms with van der Waals surface area (Å²) in [6.07, 6.45) is 8.95. The highest BCUT2D eigenvalue weighted by atomic mass is 16.2. The zero-order valence-electron chi connectivity index (χ0n) is 13.7.